The molecule has 0 aliphatic carbocycles. The van der Waals surface area contributed by atoms with Crippen LogP contribution >= 0.6 is 0 Å². The maximum Gasteiger partial charge on any atom is 0.318 e. The normalized spacial score (nSPS) is 17.9. The van der Waals surface area contributed by atoms with Crippen molar-refractivity contribution in [1.29, 1.82) is 0 Å². The summed E-state index contributed by atoms with van der Waals surface area (Å²) in [7, 11) is 0. The molecule has 2 unspecified atom stereocenters. The predicted octanol–water partition coefficient (Wildman–Crippen LogP) is 4.18. The summed E-state index contributed by atoms with van der Waals surface area (Å²) in [4.78, 5) is 30.3. The number of aromatic nitrogens is 1. The summed E-state index contributed by atoms with van der Waals surface area (Å²) in [6, 6.07) is 13.5. The number of rotatable bonds is 7. The lowest BCUT2D eigenvalue weighted by Crippen LogP contribution is -2.47. The van der Waals surface area contributed by atoms with Gasteiger partial charge >= 0.3 is 12.0 Å². The highest BCUT2D eigenvalue weighted by atomic mass is 16.4. The minimum atomic E-state index is -0.846. The quantitative estimate of drug-likeness (QED) is 0.737. The van der Waals surface area contributed by atoms with E-state index in [4.69, 9.17) is 5.11 Å². The molecule has 29 heavy (non-hydrogen) atoms. The fourth-order valence-corrected chi connectivity index (χ4v) is 3.96. The second-order valence-electron chi connectivity index (χ2n) is 7.61. The van der Waals surface area contributed by atoms with Gasteiger partial charge in [-0.1, -0.05) is 43.2 Å². The minimum Gasteiger partial charge on any atom is -0.481 e. The van der Waals surface area contributed by atoms with Crippen LogP contribution in [0.4, 0.5) is 4.79 Å². The Hall–Kier alpha value is -2.89. The van der Waals surface area contributed by atoms with E-state index in [-0.39, 0.29) is 24.5 Å². The van der Waals surface area contributed by atoms with Gasteiger partial charge in [-0.05, 0) is 48.9 Å². The zero-order valence-corrected chi connectivity index (χ0v) is 16.7. The molecule has 6 heteroatoms. The predicted molar refractivity (Wildman–Crippen MR) is 111 cm³/mol. The van der Waals surface area contributed by atoms with Gasteiger partial charge < -0.3 is 15.3 Å². The summed E-state index contributed by atoms with van der Waals surface area (Å²) >= 11 is 0. The van der Waals surface area contributed by atoms with Crippen molar-refractivity contribution in [2.45, 2.75) is 57.0 Å². The lowest BCUT2D eigenvalue weighted by Gasteiger charge is -2.32. The number of aliphatic carboxylic acids is 1. The van der Waals surface area contributed by atoms with Crippen molar-refractivity contribution in [3.63, 3.8) is 0 Å². The Kier molecular flexibility index (Phi) is 7.61. The molecule has 1 fully saturated rings. The molecule has 2 N–H and O–H groups in total. The third kappa shape index (κ3) is 6.31. The van der Waals surface area contributed by atoms with Gasteiger partial charge in [0.25, 0.3) is 0 Å². The molecule has 0 bridgehead atoms. The minimum absolute atomic E-state index is 0.0253. The molecule has 1 aliphatic rings. The summed E-state index contributed by atoms with van der Waals surface area (Å²) in [5.74, 6) is -0.846. The SMILES string of the molecule is O=C(O)CCC(Cc1ccccc1)NC(=O)N1CCCCCC1c1ccncc1. The van der Waals surface area contributed by atoms with Crippen LogP contribution in [0.5, 0.6) is 0 Å². The molecule has 2 atom stereocenters. The lowest BCUT2D eigenvalue weighted by atomic mass is 10.0. The number of likely N-dealkylation sites (tertiary alicyclic amines) is 1. The first-order valence-electron chi connectivity index (χ1n) is 10.4. The molecule has 0 radical (unpaired) electrons. The van der Waals surface area contributed by atoms with Crippen molar-refractivity contribution in [2.75, 3.05) is 6.54 Å². The number of carboxylic acid groups (broad SMARTS) is 1. The van der Waals surface area contributed by atoms with Gasteiger partial charge in [-0.2, -0.15) is 0 Å². The van der Waals surface area contributed by atoms with Crippen molar-refractivity contribution in [1.82, 2.24) is 15.2 Å². The van der Waals surface area contributed by atoms with E-state index >= 15 is 0 Å². The van der Waals surface area contributed by atoms with Gasteiger partial charge in [-0.25, -0.2) is 4.79 Å². The number of pyridine rings is 1. The highest BCUT2D eigenvalue weighted by Crippen LogP contribution is 2.30. The molecule has 1 aliphatic heterocycles. The van der Waals surface area contributed by atoms with Crippen LogP contribution in [0.2, 0.25) is 0 Å². The Labute approximate surface area is 172 Å². The van der Waals surface area contributed by atoms with E-state index in [0.29, 0.717) is 19.4 Å². The molecule has 1 aromatic carbocycles. The molecule has 2 amide bonds. The van der Waals surface area contributed by atoms with Crippen molar-refractivity contribution >= 4 is 12.0 Å². The van der Waals surface area contributed by atoms with E-state index < -0.39 is 5.97 Å². The topological polar surface area (TPSA) is 82.5 Å². The summed E-state index contributed by atoms with van der Waals surface area (Å²) in [5, 5.41) is 12.2. The molecule has 1 saturated heterocycles. The highest BCUT2D eigenvalue weighted by molar-refractivity contribution is 5.75. The van der Waals surface area contributed by atoms with Crippen LogP contribution in [0.25, 0.3) is 0 Å². The lowest BCUT2D eigenvalue weighted by molar-refractivity contribution is -0.137. The number of hydrogen-bond acceptors (Lipinski definition) is 3. The largest absolute Gasteiger partial charge is 0.481 e. The fraction of sp³-hybridized carbons (Fsp3) is 0.435. The van der Waals surface area contributed by atoms with E-state index in [9.17, 15) is 9.59 Å². The van der Waals surface area contributed by atoms with Crippen molar-refractivity contribution in [3.05, 3.63) is 66.0 Å². The van der Waals surface area contributed by atoms with Gasteiger partial charge in [0.1, 0.15) is 0 Å². The third-order valence-corrected chi connectivity index (χ3v) is 5.46. The van der Waals surface area contributed by atoms with Gasteiger partial charge in [0.05, 0.1) is 6.04 Å². The Balaban J connectivity index is 1.73. The van der Waals surface area contributed by atoms with Gasteiger partial charge in [-0.15, -0.1) is 0 Å². The van der Waals surface area contributed by atoms with E-state index in [1.54, 1.807) is 12.4 Å². The fourth-order valence-electron chi connectivity index (χ4n) is 3.96. The van der Waals surface area contributed by atoms with Crippen molar-refractivity contribution in [2.24, 2.45) is 0 Å². The number of carbonyl (C=O) groups excluding carboxylic acids is 1. The summed E-state index contributed by atoms with van der Waals surface area (Å²) in [6.07, 6.45) is 8.69. The standard InChI is InChI=1S/C23H29N3O3/c27-22(28)11-10-20(17-18-7-3-1-4-8-18)25-23(29)26-16-6-2-5-9-21(26)19-12-14-24-15-13-19/h1,3-4,7-8,12-15,20-21H,2,5-6,9-11,16-17H2,(H,25,29)(H,27,28). The monoisotopic (exact) mass is 395 g/mol. The van der Waals surface area contributed by atoms with E-state index in [1.165, 1.54) is 0 Å². The van der Waals surface area contributed by atoms with Crippen LogP contribution in [0.15, 0.2) is 54.9 Å². The summed E-state index contributed by atoms with van der Waals surface area (Å²) in [6.45, 7) is 0.704. The van der Waals surface area contributed by atoms with E-state index in [0.717, 1.165) is 36.8 Å². The number of nitrogens with one attached hydrogen (secondary N) is 1. The Morgan fingerprint density at radius 2 is 1.86 bits per heavy atom. The number of carbonyl (C=O) groups is 2. The molecule has 6 nitrogen and oxygen atoms in total. The number of nitrogens with zero attached hydrogens (tertiary/aromatic N) is 2. The molecule has 154 valence electrons. The molecular weight excluding hydrogens is 366 g/mol. The van der Waals surface area contributed by atoms with Crippen molar-refractivity contribution in [3.8, 4) is 0 Å². The first-order chi connectivity index (χ1) is 14.1. The highest BCUT2D eigenvalue weighted by Gasteiger charge is 2.28. The molecule has 0 spiro atoms. The Morgan fingerprint density at radius 1 is 1.10 bits per heavy atom. The Bertz CT molecular complexity index is 782. The third-order valence-electron chi connectivity index (χ3n) is 5.46. The van der Waals surface area contributed by atoms with Gasteiger partial charge in [-0.3, -0.25) is 9.78 Å². The smallest absolute Gasteiger partial charge is 0.318 e. The Morgan fingerprint density at radius 3 is 2.59 bits per heavy atom. The average molecular weight is 396 g/mol. The van der Waals surface area contributed by atoms with Gasteiger partial charge in [0.2, 0.25) is 0 Å². The van der Waals surface area contributed by atoms with E-state index in [1.807, 2.05) is 47.4 Å². The number of carboxylic acids is 1. The second kappa shape index (κ2) is 10.6. The molecule has 0 saturated carbocycles. The van der Waals surface area contributed by atoms with Gasteiger partial charge in [0.15, 0.2) is 0 Å². The number of amides is 2. The molecule has 3 rings (SSSR count). The summed E-state index contributed by atoms with van der Waals surface area (Å²) in [5.41, 5.74) is 2.19. The second-order valence-corrected chi connectivity index (χ2v) is 7.61. The molecule has 1 aromatic heterocycles. The van der Waals surface area contributed by atoms with Crippen LogP contribution in [-0.2, 0) is 11.2 Å². The zero-order chi connectivity index (χ0) is 20.5. The van der Waals surface area contributed by atoms with Gasteiger partial charge in [0, 0.05) is 31.4 Å². The number of hydrogen-bond donors (Lipinski definition) is 2. The molecule has 2 aromatic rings. The van der Waals surface area contributed by atoms with Crippen LogP contribution in [0, 0.1) is 0 Å². The maximum atomic E-state index is 13.2. The number of benzene rings is 1. The average Bonchev–Trinajstić information content (AvgIpc) is 2.99. The van der Waals surface area contributed by atoms with Crippen molar-refractivity contribution < 1.29 is 14.7 Å². The number of urea groups is 1. The first-order valence-corrected chi connectivity index (χ1v) is 10.4. The van der Waals surface area contributed by atoms with Crippen LogP contribution < -0.4 is 5.32 Å². The molecule has 2 heterocycles. The van der Waals surface area contributed by atoms with E-state index in [2.05, 4.69) is 10.3 Å². The molecular formula is C23H29N3O3. The van der Waals surface area contributed by atoms with Crippen LogP contribution in [-0.4, -0.2) is 39.6 Å². The zero-order valence-electron chi connectivity index (χ0n) is 16.7. The maximum absolute atomic E-state index is 13.2. The van der Waals surface area contributed by atoms with Crippen LogP contribution in [0.1, 0.15) is 55.7 Å². The summed E-state index contributed by atoms with van der Waals surface area (Å²) < 4.78 is 0. The first kappa shape index (κ1) is 20.8. The van der Waals surface area contributed by atoms with Crippen LogP contribution in [0.3, 0.4) is 0 Å².